The topological polar surface area (TPSA) is 20.3 Å². The van der Waals surface area contributed by atoms with Crippen LogP contribution in [0, 0.1) is 0 Å². The monoisotopic (exact) mass is 235 g/mol. The molecule has 1 aromatic rings. The molecular weight excluding hydrogens is 218 g/mol. The Balaban J connectivity index is 2.55. The molecule has 16 heavy (non-hydrogen) atoms. The van der Waals surface area contributed by atoms with Crippen molar-refractivity contribution in [1.82, 2.24) is 4.90 Å². The number of hydrogen-bond donors (Lipinski definition) is 1. The minimum Gasteiger partial charge on any atom is -0.341 e. The van der Waals surface area contributed by atoms with E-state index in [4.69, 9.17) is 0 Å². The van der Waals surface area contributed by atoms with Crippen molar-refractivity contribution in [2.24, 2.45) is 0 Å². The lowest BCUT2D eigenvalue weighted by atomic mass is 10.1. The van der Waals surface area contributed by atoms with Crippen molar-refractivity contribution in [3.8, 4) is 0 Å². The highest BCUT2D eigenvalue weighted by atomic mass is 32.1. The smallest absolute Gasteiger partial charge is 0.235 e. The number of carbonyl (C=O) groups is 1. The van der Waals surface area contributed by atoms with Crippen LogP contribution >= 0.6 is 12.6 Å². The predicted molar refractivity (Wildman–Crippen MR) is 70.8 cm³/mol. The fourth-order valence-electron chi connectivity index (χ4n) is 1.46. The average Bonchev–Trinajstić information content (AvgIpc) is 2.29. The van der Waals surface area contributed by atoms with Crippen molar-refractivity contribution in [3.63, 3.8) is 0 Å². The van der Waals surface area contributed by atoms with Crippen LogP contribution in [-0.4, -0.2) is 29.6 Å². The van der Waals surface area contributed by atoms with Crippen LogP contribution in [0.4, 0.5) is 0 Å². The summed E-state index contributed by atoms with van der Waals surface area (Å²) in [6, 6.07) is 9.90. The third-order valence-corrected chi connectivity index (χ3v) is 2.74. The second-order valence-corrected chi connectivity index (χ2v) is 4.34. The van der Waals surface area contributed by atoms with Crippen LogP contribution in [0.3, 0.4) is 0 Å². The number of carbonyl (C=O) groups excluding carboxylic acids is 1. The second kappa shape index (κ2) is 6.38. The maximum atomic E-state index is 11.8. The molecule has 1 rings (SSSR count). The number of amides is 1. The average molecular weight is 235 g/mol. The number of benzene rings is 1. The maximum absolute atomic E-state index is 11.8. The van der Waals surface area contributed by atoms with Crippen LogP contribution in [0.2, 0.25) is 0 Å². The van der Waals surface area contributed by atoms with E-state index in [1.54, 1.807) is 18.0 Å². The number of nitrogens with zero attached hydrogens (tertiary/aromatic N) is 1. The summed E-state index contributed by atoms with van der Waals surface area (Å²) in [7, 11) is 1.76. The van der Waals surface area contributed by atoms with Crippen molar-refractivity contribution < 1.29 is 4.79 Å². The van der Waals surface area contributed by atoms with Crippen molar-refractivity contribution in [1.29, 1.82) is 0 Å². The van der Waals surface area contributed by atoms with Gasteiger partial charge in [-0.15, -0.1) is 6.58 Å². The molecule has 2 nitrogen and oxygen atoms in total. The first kappa shape index (κ1) is 12.8. The zero-order valence-electron chi connectivity index (χ0n) is 9.47. The summed E-state index contributed by atoms with van der Waals surface area (Å²) in [5.41, 5.74) is 1.13. The van der Waals surface area contributed by atoms with Gasteiger partial charge in [0.1, 0.15) is 0 Å². The van der Waals surface area contributed by atoms with E-state index in [1.165, 1.54) is 0 Å². The van der Waals surface area contributed by atoms with E-state index in [9.17, 15) is 4.79 Å². The van der Waals surface area contributed by atoms with Gasteiger partial charge in [-0.3, -0.25) is 4.79 Å². The molecule has 0 radical (unpaired) electrons. The first-order valence-corrected chi connectivity index (χ1v) is 5.74. The number of thiol groups is 1. The molecule has 0 aliphatic rings. The molecule has 0 heterocycles. The summed E-state index contributed by atoms with van der Waals surface area (Å²) in [5.74, 6) is 0.0343. The standard InChI is InChI=1S/C13H17NOS/c1-3-9-14(2)13(15)12(16)10-11-7-5-4-6-8-11/h3-8,12,16H,1,9-10H2,2H3. The van der Waals surface area contributed by atoms with E-state index in [0.717, 1.165) is 5.56 Å². The highest BCUT2D eigenvalue weighted by Gasteiger charge is 2.17. The second-order valence-electron chi connectivity index (χ2n) is 3.71. The molecule has 0 saturated carbocycles. The predicted octanol–water partition coefficient (Wildman–Crippen LogP) is 2.17. The van der Waals surface area contributed by atoms with Crippen LogP contribution in [0.25, 0.3) is 0 Å². The summed E-state index contributed by atoms with van der Waals surface area (Å²) >= 11 is 4.34. The van der Waals surface area contributed by atoms with Crippen molar-refractivity contribution in [2.75, 3.05) is 13.6 Å². The summed E-state index contributed by atoms with van der Waals surface area (Å²) < 4.78 is 0. The van der Waals surface area contributed by atoms with Gasteiger partial charge in [-0.2, -0.15) is 12.6 Å². The zero-order valence-corrected chi connectivity index (χ0v) is 10.4. The lowest BCUT2D eigenvalue weighted by Gasteiger charge is -2.19. The van der Waals surface area contributed by atoms with E-state index in [0.29, 0.717) is 13.0 Å². The van der Waals surface area contributed by atoms with Gasteiger partial charge in [0.05, 0.1) is 5.25 Å². The Kier molecular flexibility index (Phi) is 5.12. The Labute approximate surface area is 102 Å². The number of likely N-dealkylation sites (N-methyl/N-ethyl adjacent to an activating group) is 1. The van der Waals surface area contributed by atoms with E-state index in [2.05, 4.69) is 19.2 Å². The molecule has 0 fully saturated rings. The van der Waals surface area contributed by atoms with E-state index < -0.39 is 0 Å². The Morgan fingerprint density at radius 3 is 2.69 bits per heavy atom. The fraction of sp³-hybridized carbons (Fsp3) is 0.308. The van der Waals surface area contributed by atoms with Crippen molar-refractivity contribution in [2.45, 2.75) is 11.7 Å². The molecule has 1 atom stereocenters. The molecule has 1 aromatic carbocycles. The van der Waals surface area contributed by atoms with Gasteiger partial charge in [0, 0.05) is 13.6 Å². The molecule has 3 heteroatoms. The largest absolute Gasteiger partial charge is 0.341 e. The maximum Gasteiger partial charge on any atom is 0.235 e. The van der Waals surface area contributed by atoms with Gasteiger partial charge in [-0.05, 0) is 12.0 Å². The SMILES string of the molecule is C=CCN(C)C(=O)C(S)Cc1ccccc1. The van der Waals surface area contributed by atoms with E-state index >= 15 is 0 Å². The fourth-order valence-corrected chi connectivity index (χ4v) is 1.87. The molecular formula is C13H17NOS. The van der Waals surface area contributed by atoms with Crippen LogP contribution < -0.4 is 0 Å². The molecule has 0 aliphatic carbocycles. The molecule has 0 N–H and O–H groups in total. The molecule has 0 spiro atoms. The van der Waals surface area contributed by atoms with Crippen LogP contribution in [0.5, 0.6) is 0 Å². The van der Waals surface area contributed by atoms with Gasteiger partial charge >= 0.3 is 0 Å². The molecule has 1 unspecified atom stereocenters. The summed E-state index contributed by atoms with van der Waals surface area (Å²) in [4.78, 5) is 13.5. The van der Waals surface area contributed by atoms with Crippen LogP contribution in [0.15, 0.2) is 43.0 Å². The minimum absolute atomic E-state index is 0.0343. The third kappa shape index (κ3) is 3.74. The number of hydrogen-bond acceptors (Lipinski definition) is 2. The minimum atomic E-state index is -0.285. The normalized spacial score (nSPS) is 11.9. The molecule has 1 amide bonds. The van der Waals surface area contributed by atoms with Gasteiger partial charge < -0.3 is 4.90 Å². The van der Waals surface area contributed by atoms with Crippen molar-refractivity contribution in [3.05, 3.63) is 48.6 Å². The zero-order chi connectivity index (χ0) is 12.0. The highest BCUT2D eigenvalue weighted by molar-refractivity contribution is 7.81. The first-order chi connectivity index (χ1) is 7.65. The van der Waals surface area contributed by atoms with Gasteiger partial charge in [0.2, 0.25) is 5.91 Å². The van der Waals surface area contributed by atoms with E-state index in [1.807, 2.05) is 30.3 Å². The Morgan fingerprint density at radius 1 is 1.50 bits per heavy atom. The lowest BCUT2D eigenvalue weighted by molar-refractivity contribution is -0.128. The summed E-state index contributed by atoms with van der Waals surface area (Å²) in [5, 5.41) is -0.285. The molecule has 0 aliphatic heterocycles. The summed E-state index contributed by atoms with van der Waals surface area (Å²) in [6.07, 6.45) is 2.37. The lowest BCUT2D eigenvalue weighted by Crippen LogP contribution is -2.34. The summed E-state index contributed by atoms with van der Waals surface area (Å²) in [6.45, 7) is 4.17. The van der Waals surface area contributed by atoms with E-state index in [-0.39, 0.29) is 11.2 Å². The van der Waals surface area contributed by atoms with Crippen LogP contribution in [-0.2, 0) is 11.2 Å². The van der Waals surface area contributed by atoms with Crippen molar-refractivity contribution >= 4 is 18.5 Å². The third-order valence-electron chi connectivity index (χ3n) is 2.34. The van der Waals surface area contributed by atoms with Gasteiger partial charge in [0.25, 0.3) is 0 Å². The molecule has 86 valence electrons. The van der Waals surface area contributed by atoms with Gasteiger partial charge in [-0.1, -0.05) is 36.4 Å². The Hall–Kier alpha value is -1.22. The molecule has 0 aromatic heterocycles. The highest BCUT2D eigenvalue weighted by Crippen LogP contribution is 2.09. The van der Waals surface area contributed by atoms with Gasteiger partial charge in [-0.25, -0.2) is 0 Å². The molecule has 0 saturated heterocycles. The molecule has 0 bridgehead atoms. The Morgan fingerprint density at radius 2 is 2.12 bits per heavy atom. The van der Waals surface area contributed by atoms with Crippen LogP contribution in [0.1, 0.15) is 5.56 Å². The first-order valence-electron chi connectivity index (χ1n) is 5.23. The van der Waals surface area contributed by atoms with Gasteiger partial charge in [0.15, 0.2) is 0 Å². The number of rotatable bonds is 5. The Bertz CT molecular complexity index is 350. The quantitative estimate of drug-likeness (QED) is 0.612.